The summed E-state index contributed by atoms with van der Waals surface area (Å²) in [5, 5.41) is 2.64. The van der Waals surface area contributed by atoms with Gasteiger partial charge in [0.15, 0.2) is 0 Å². The summed E-state index contributed by atoms with van der Waals surface area (Å²) in [5.41, 5.74) is 6.65. The summed E-state index contributed by atoms with van der Waals surface area (Å²) < 4.78 is 0.553. The first-order chi connectivity index (χ1) is 8.47. The second kappa shape index (κ2) is 6.39. The van der Waals surface area contributed by atoms with Gasteiger partial charge in [-0.25, -0.2) is 0 Å². The van der Waals surface area contributed by atoms with Crippen LogP contribution < -0.4 is 11.1 Å². The molecule has 0 aliphatic carbocycles. The molecule has 0 unspecified atom stereocenters. The highest BCUT2D eigenvalue weighted by atomic mass is 79.9. The molecule has 0 spiro atoms. The fraction of sp³-hybridized carbons (Fsp3) is 0.333. The van der Waals surface area contributed by atoms with Gasteiger partial charge in [0.25, 0.3) is 5.91 Å². The average molecular weight is 314 g/mol. The Morgan fingerprint density at radius 1 is 1.44 bits per heavy atom. The van der Waals surface area contributed by atoms with Crippen molar-refractivity contribution in [1.82, 2.24) is 10.2 Å². The van der Waals surface area contributed by atoms with Crippen molar-refractivity contribution in [2.45, 2.75) is 6.92 Å². The highest BCUT2D eigenvalue weighted by molar-refractivity contribution is 9.10. The molecule has 0 aliphatic heterocycles. The molecule has 1 aromatic carbocycles. The minimum atomic E-state index is -0.250. The van der Waals surface area contributed by atoms with Gasteiger partial charge < -0.3 is 16.0 Å². The number of hydrogen-bond donors (Lipinski definition) is 2. The van der Waals surface area contributed by atoms with Crippen LogP contribution in [-0.4, -0.2) is 36.9 Å². The monoisotopic (exact) mass is 313 g/mol. The van der Waals surface area contributed by atoms with E-state index in [4.69, 9.17) is 5.73 Å². The largest absolute Gasteiger partial charge is 0.398 e. The SMILES string of the molecule is CCNC(=O)CN(C)C(=O)c1cccc(N)c1Br. The zero-order valence-corrected chi connectivity index (χ0v) is 12.0. The van der Waals surface area contributed by atoms with Crippen molar-refractivity contribution in [3.63, 3.8) is 0 Å². The maximum Gasteiger partial charge on any atom is 0.255 e. The lowest BCUT2D eigenvalue weighted by Gasteiger charge is -2.17. The van der Waals surface area contributed by atoms with Crippen LogP contribution in [0.2, 0.25) is 0 Å². The maximum atomic E-state index is 12.1. The Labute approximate surface area is 114 Å². The summed E-state index contributed by atoms with van der Waals surface area (Å²) in [6, 6.07) is 5.06. The number of carbonyl (C=O) groups excluding carboxylic acids is 2. The van der Waals surface area contributed by atoms with Crippen molar-refractivity contribution in [3.8, 4) is 0 Å². The number of nitrogens with one attached hydrogen (secondary N) is 1. The predicted molar refractivity (Wildman–Crippen MR) is 74.2 cm³/mol. The van der Waals surface area contributed by atoms with Crippen LogP contribution in [0.3, 0.4) is 0 Å². The van der Waals surface area contributed by atoms with E-state index in [1.807, 2.05) is 6.92 Å². The Hall–Kier alpha value is -1.56. The van der Waals surface area contributed by atoms with Gasteiger partial charge in [-0.2, -0.15) is 0 Å². The molecule has 2 amide bonds. The Kier molecular flexibility index (Phi) is 5.15. The second-order valence-corrected chi connectivity index (χ2v) is 4.62. The summed E-state index contributed by atoms with van der Waals surface area (Å²) in [4.78, 5) is 24.9. The van der Waals surface area contributed by atoms with Gasteiger partial charge in [0.05, 0.1) is 16.6 Å². The standard InChI is InChI=1S/C12H16BrN3O2/c1-3-15-10(17)7-16(2)12(18)8-5-4-6-9(14)11(8)13/h4-6H,3,7,14H2,1-2H3,(H,15,17). The molecule has 0 atom stereocenters. The molecule has 0 saturated heterocycles. The third-order valence-corrected chi connectivity index (χ3v) is 3.25. The number of nitrogen functional groups attached to an aromatic ring is 1. The minimum Gasteiger partial charge on any atom is -0.398 e. The first-order valence-corrected chi connectivity index (χ1v) is 6.32. The van der Waals surface area contributed by atoms with Crippen LogP contribution in [0, 0.1) is 0 Å². The van der Waals surface area contributed by atoms with Gasteiger partial charge in [-0.05, 0) is 35.0 Å². The summed E-state index contributed by atoms with van der Waals surface area (Å²) in [6.07, 6.45) is 0. The van der Waals surface area contributed by atoms with E-state index >= 15 is 0 Å². The van der Waals surface area contributed by atoms with Crippen molar-refractivity contribution in [1.29, 1.82) is 0 Å². The van der Waals surface area contributed by atoms with E-state index in [1.54, 1.807) is 25.2 Å². The zero-order valence-electron chi connectivity index (χ0n) is 10.4. The van der Waals surface area contributed by atoms with E-state index in [0.717, 1.165) is 0 Å². The van der Waals surface area contributed by atoms with E-state index in [0.29, 0.717) is 22.3 Å². The molecule has 6 heteroatoms. The van der Waals surface area contributed by atoms with Crippen LogP contribution in [0.5, 0.6) is 0 Å². The van der Waals surface area contributed by atoms with Crippen molar-refractivity contribution >= 4 is 33.4 Å². The smallest absolute Gasteiger partial charge is 0.255 e. The number of hydrogen-bond acceptors (Lipinski definition) is 3. The highest BCUT2D eigenvalue weighted by Gasteiger charge is 2.17. The van der Waals surface area contributed by atoms with E-state index in [9.17, 15) is 9.59 Å². The lowest BCUT2D eigenvalue weighted by atomic mass is 10.2. The summed E-state index contributed by atoms with van der Waals surface area (Å²) >= 11 is 3.27. The van der Waals surface area contributed by atoms with E-state index in [1.165, 1.54) is 4.90 Å². The van der Waals surface area contributed by atoms with Crippen molar-refractivity contribution < 1.29 is 9.59 Å². The Morgan fingerprint density at radius 3 is 2.72 bits per heavy atom. The van der Waals surface area contributed by atoms with Gasteiger partial charge in [0, 0.05) is 19.3 Å². The fourth-order valence-corrected chi connectivity index (χ4v) is 1.89. The van der Waals surface area contributed by atoms with Crippen LogP contribution >= 0.6 is 15.9 Å². The first kappa shape index (κ1) is 14.5. The first-order valence-electron chi connectivity index (χ1n) is 5.53. The van der Waals surface area contributed by atoms with Gasteiger partial charge in [0.1, 0.15) is 0 Å². The van der Waals surface area contributed by atoms with Gasteiger partial charge in [-0.3, -0.25) is 9.59 Å². The number of likely N-dealkylation sites (N-methyl/N-ethyl adjacent to an activating group) is 2. The summed E-state index contributed by atoms with van der Waals surface area (Å²) in [7, 11) is 1.58. The molecule has 0 heterocycles. The highest BCUT2D eigenvalue weighted by Crippen LogP contribution is 2.24. The van der Waals surface area contributed by atoms with E-state index < -0.39 is 0 Å². The minimum absolute atomic E-state index is 0.0217. The molecule has 0 bridgehead atoms. The number of halogens is 1. The molecule has 0 fully saturated rings. The molecule has 0 aliphatic rings. The number of benzene rings is 1. The van der Waals surface area contributed by atoms with E-state index in [-0.39, 0.29) is 18.4 Å². The van der Waals surface area contributed by atoms with Crippen LogP contribution in [0.4, 0.5) is 5.69 Å². The third-order valence-electron chi connectivity index (χ3n) is 2.36. The maximum absolute atomic E-state index is 12.1. The van der Waals surface area contributed by atoms with Gasteiger partial charge in [0.2, 0.25) is 5.91 Å². The summed E-state index contributed by atoms with van der Waals surface area (Å²) in [5.74, 6) is -0.436. The number of nitrogens with zero attached hydrogens (tertiary/aromatic N) is 1. The van der Waals surface area contributed by atoms with E-state index in [2.05, 4.69) is 21.2 Å². The predicted octanol–water partition coefficient (Wildman–Crippen LogP) is 1.24. The normalized spacial score (nSPS) is 9.94. The van der Waals surface area contributed by atoms with Gasteiger partial charge in [-0.15, -0.1) is 0 Å². The molecule has 0 radical (unpaired) electrons. The number of amides is 2. The number of nitrogens with two attached hydrogens (primary N) is 1. The molecule has 98 valence electrons. The quantitative estimate of drug-likeness (QED) is 0.821. The molecule has 5 nitrogen and oxygen atoms in total. The third kappa shape index (κ3) is 3.46. The van der Waals surface area contributed by atoms with Crippen LogP contribution in [0.15, 0.2) is 22.7 Å². The van der Waals surface area contributed by atoms with Crippen LogP contribution in [0.1, 0.15) is 17.3 Å². The fourth-order valence-electron chi connectivity index (χ4n) is 1.46. The number of rotatable bonds is 4. The van der Waals surface area contributed by atoms with Crippen molar-refractivity contribution in [2.24, 2.45) is 0 Å². The number of carbonyl (C=O) groups is 2. The average Bonchev–Trinajstić information content (AvgIpc) is 2.32. The lowest BCUT2D eigenvalue weighted by molar-refractivity contribution is -0.121. The zero-order chi connectivity index (χ0) is 13.7. The molecular weight excluding hydrogens is 298 g/mol. The number of anilines is 1. The topological polar surface area (TPSA) is 75.4 Å². The molecule has 0 saturated carbocycles. The second-order valence-electron chi connectivity index (χ2n) is 3.82. The Bertz CT molecular complexity index is 463. The van der Waals surface area contributed by atoms with Crippen molar-refractivity contribution in [2.75, 3.05) is 25.9 Å². The van der Waals surface area contributed by atoms with Crippen molar-refractivity contribution in [3.05, 3.63) is 28.2 Å². The van der Waals surface area contributed by atoms with Gasteiger partial charge in [-0.1, -0.05) is 6.07 Å². The molecule has 1 rings (SSSR count). The molecular formula is C12H16BrN3O2. The van der Waals surface area contributed by atoms with Crippen LogP contribution in [0.25, 0.3) is 0 Å². The summed E-state index contributed by atoms with van der Waals surface area (Å²) in [6.45, 7) is 2.39. The lowest BCUT2D eigenvalue weighted by Crippen LogP contribution is -2.38. The molecule has 18 heavy (non-hydrogen) atoms. The Morgan fingerprint density at radius 2 is 2.11 bits per heavy atom. The van der Waals surface area contributed by atoms with Crippen LogP contribution in [-0.2, 0) is 4.79 Å². The van der Waals surface area contributed by atoms with Gasteiger partial charge >= 0.3 is 0 Å². The molecule has 0 aromatic heterocycles. The molecule has 1 aromatic rings. The Balaban J connectivity index is 2.81. The molecule has 3 N–H and O–H groups in total.